The Kier molecular flexibility index (Phi) is 3.41. The zero-order chi connectivity index (χ0) is 15.9. The van der Waals surface area contributed by atoms with E-state index >= 15 is 0 Å². The Labute approximate surface area is 130 Å². The minimum atomic E-state index is -0.858. The Bertz CT molecular complexity index is 733. The summed E-state index contributed by atoms with van der Waals surface area (Å²) in [5, 5.41) is 13.3. The Morgan fingerprint density at radius 2 is 1.95 bits per heavy atom. The molecule has 2 N–H and O–H groups in total. The van der Waals surface area contributed by atoms with Crippen molar-refractivity contribution in [2.24, 2.45) is 0 Å². The van der Waals surface area contributed by atoms with Crippen LogP contribution >= 0.6 is 0 Å². The maximum Gasteiger partial charge on any atom is 0.148 e. The van der Waals surface area contributed by atoms with Gasteiger partial charge in [-0.25, -0.2) is 0 Å². The SMILES string of the molecule is Cc1cc2n(c1)C=C(c1ccc(C(C)(C)O)cc1)NC2C=O. The van der Waals surface area contributed by atoms with Crippen LogP contribution in [0.2, 0.25) is 0 Å². The average Bonchev–Trinajstić information content (AvgIpc) is 2.85. The molecule has 1 aromatic carbocycles. The predicted molar refractivity (Wildman–Crippen MR) is 87.0 cm³/mol. The normalized spacial score (nSPS) is 17.5. The second-order valence-electron chi connectivity index (χ2n) is 6.29. The first kappa shape index (κ1) is 14.6. The quantitative estimate of drug-likeness (QED) is 0.856. The molecule has 1 aromatic heterocycles. The van der Waals surface area contributed by atoms with Gasteiger partial charge in [0.15, 0.2) is 0 Å². The minimum absolute atomic E-state index is 0.345. The summed E-state index contributed by atoms with van der Waals surface area (Å²) in [5.41, 5.74) is 3.95. The Morgan fingerprint density at radius 1 is 1.27 bits per heavy atom. The number of hydrogen-bond acceptors (Lipinski definition) is 3. The largest absolute Gasteiger partial charge is 0.386 e. The summed E-state index contributed by atoms with van der Waals surface area (Å²) in [5.74, 6) is 0. The lowest BCUT2D eigenvalue weighted by Gasteiger charge is -2.24. The molecule has 1 aliphatic heterocycles. The third-order valence-corrected chi connectivity index (χ3v) is 3.95. The number of benzene rings is 1. The van der Waals surface area contributed by atoms with Crippen molar-refractivity contribution in [2.45, 2.75) is 32.4 Å². The van der Waals surface area contributed by atoms with E-state index in [1.807, 2.05) is 54.2 Å². The zero-order valence-electron chi connectivity index (χ0n) is 13.0. The average molecular weight is 296 g/mol. The summed E-state index contributed by atoms with van der Waals surface area (Å²) in [6.45, 7) is 5.54. The van der Waals surface area contributed by atoms with Gasteiger partial charge in [0.05, 0.1) is 17.0 Å². The topological polar surface area (TPSA) is 54.3 Å². The third-order valence-electron chi connectivity index (χ3n) is 3.95. The molecular weight excluding hydrogens is 276 g/mol. The van der Waals surface area contributed by atoms with Gasteiger partial charge in [0.25, 0.3) is 0 Å². The van der Waals surface area contributed by atoms with Crippen LogP contribution in [0, 0.1) is 6.92 Å². The van der Waals surface area contributed by atoms with Crippen LogP contribution in [-0.4, -0.2) is 16.0 Å². The van der Waals surface area contributed by atoms with Gasteiger partial charge < -0.3 is 19.8 Å². The van der Waals surface area contributed by atoms with Gasteiger partial charge in [0, 0.05) is 12.4 Å². The van der Waals surface area contributed by atoms with Gasteiger partial charge in [-0.2, -0.15) is 0 Å². The smallest absolute Gasteiger partial charge is 0.148 e. The molecule has 0 bridgehead atoms. The first-order chi connectivity index (χ1) is 10.4. The first-order valence-corrected chi connectivity index (χ1v) is 7.34. The molecule has 0 fully saturated rings. The van der Waals surface area contributed by atoms with E-state index in [9.17, 15) is 9.90 Å². The third kappa shape index (κ3) is 2.57. The van der Waals surface area contributed by atoms with Crippen molar-refractivity contribution in [3.63, 3.8) is 0 Å². The molecular formula is C18H20N2O2. The standard InChI is InChI=1S/C18H20N2O2/c1-12-8-17-16(11-21)19-15(10-20(17)9-12)13-4-6-14(7-5-13)18(2,3)22/h4-11,16,19,22H,1-3H3. The van der Waals surface area contributed by atoms with Gasteiger partial charge >= 0.3 is 0 Å². The summed E-state index contributed by atoms with van der Waals surface area (Å²) >= 11 is 0. The van der Waals surface area contributed by atoms with E-state index in [2.05, 4.69) is 5.32 Å². The number of aldehydes is 1. The van der Waals surface area contributed by atoms with Crippen LogP contribution in [0.4, 0.5) is 0 Å². The Hall–Kier alpha value is -2.33. The fourth-order valence-electron chi connectivity index (χ4n) is 2.74. The summed E-state index contributed by atoms with van der Waals surface area (Å²) in [6, 6.07) is 9.39. The van der Waals surface area contributed by atoms with Crippen LogP contribution < -0.4 is 5.32 Å². The van der Waals surface area contributed by atoms with E-state index in [1.165, 1.54) is 0 Å². The van der Waals surface area contributed by atoms with E-state index in [0.29, 0.717) is 0 Å². The second kappa shape index (κ2) is 5.14. The summed E-state index contributed by atoms with van der Waals surface area (Å²) in [6.07, 6.45) is 4.92. The van der Waals surface area contributed by atoms with Crippen LogP contribution in [0.5, 0.6) is 0 Å². The molecule has 1 atom stereocenters. The van der Waals surface area contributed by atoms with E-state index in [-0.39, 0.29) is 6.04 Å². The van der Waals surface area contributed by atoms with E-state index in [4.69, 9.17) is 0 Å². The van der Waals surface area contributed by atoms with Crippen molar-refractivity contribution in [1.29, 1.82) is 0 Å². The van der Waals surface area contributed by atoms with E-state index < -0.39 is 5.60 Å². The molecule has 3 rings (SSSR count). The molecule has 0 amide bonds. The highest BCUT2D eigenvalue weighted by Gasteiger charge is 2.22. The lowest BCUT2D eigenvalue weighted by atomic mass is 9.96. The number of aryl methyl sites for hydroxylation is 1. The van der Waals surface area contributed by atoms with Crippen LogP contribution in [0.15, 0.2) is 36.5 Å². The van der Waals surface area contributed by atoms with Gasteiger partial charge in [0.1, 0.15) is 12.3 Å². The van der Waals surface area contributed by atoms with Crippen molar-refractivity contribution in [2.75, 3.05) is 0 Å². The van der Waals surface area contributed by atoms with E-state index in [1.54, 1.807) is 13.8 Å². The number of aromatic nitrogens is 1. The number of nitrogens with one attached hydrogen (secondary N) is 1. The molecule has 0 spiro atoms. The minimum Gasteiger partial charge on any atom is -0.386 e. The van der Waals surface area contributed by atoms with Gasteiger partial charge in [-0.1, -0.05) is 24.3 Å². The molecule has 114 valence electrons. The summed E-state index contributed by atoms with van der Waals surface area (Å²) in [4.78, 5) is 11.4. The fraction of sp³-hybridized carbons (Fsp3) is 0.278. The fourth-order valence-corrected chi connectivity index (χ4v) is 2.74. The molecule has 1 unspecified atom stereocenters. The first-order valence-electron chi connectivity index (χ1n) is 7.34. The molecule has 4 nitrogen and oxygen atoms in total. The maximum absolute atomic E-state index is 11.4. The summed E-state index contributed by atoms with van der Waals surface area (Å²) < 4.78 is 1.99. The molecule has 0 saturated heterocycles. The van der Waals surface area contributed by atoms with Gasteiger partial charge in [-0.15, -0.1) is 0 Å². The maximum atomic E-state index is 11.4. The number of aliphatic hydroxyl groups is 1. The molecule has 4 heteroatoms. The van der Waals surface area contributed by atoms with Crippen molar-refractivity contribution in [3.8, 4) is 0 Å². The zero-order valence-corrected chi connectivity index (χ0v) is 13.0. The Balaban J connectivity index is 1.99. The van der Waals surface area contributed by atoms with Gasteiger partial charge in [-0.05, 0) is 43.5 Å². The van der Waals surface area contributed by atoms with Gasteiger partial charge in [0.2, 0.25) is 0 Å². The van der Waals surface area contributed by atoms with Crippen LogP contribution in [-0.2, 0) is 10.4 Å². The number of carbonyl (C=O) groups excluding carboxylic acids is 1. The number of carbonyl (C=O) groups is 1. The number of hydrogen-bond donors (Lipinski definition) is 2. The predicted octanol–water partition coefficient (Wildman–Crippen LogP) is 2.82. The van der Waals surface area contributed by atoms with Gasteiger partial charge in [-0.3, -0.25) is 0 Å². The molecule has 1 aliphatic rings. The molecule has 22 heavy (non-hydrogen) atoms. The van der Waals surface area contributed by atoms with Crippen LogP contribution in [0.1, 0.15) is 42.3 Å². The number of fused-ring (bicyclic) bond motifs is 1. The van der Waals surface area contributed by atoms with Crippen LogP contribution in [0.3, 0.4) is 0 Å². The number of nitrogens with zero attached hydrogens (tertiary/aromatic N) is 1. The highest BCUT2D eigenvalue weighted by Crippen LogP contribution is 2.28. The lowest BCUT2D eigenvalue weighted by molar-refractivity contribution is -0.109. The molecule has 2 aromatic rings. The summed E-state index contributed by atoms with van der Waals surface area (Å²) in [7, 11) is 0. The number of rotatable bonds is 3. The molecule has 2 heterocycles. The molecule has 0 radical (unpaired) electrons. The van der Waals surface area contributed by atoms with E-state index in [0.717, 1.165) is 34.4 Å². The van der Waals surface area contributed by atoms with Crippen molar-refractivity contribution in [1.82, 2.24) is 9.88 Å². The van der Waals surface area contributed by atoms with Crippen molar-refractivity contribution in [3.05, 3.63) is 58.9 Å². The monoisotopic (exact) mass is 296 g/mol. The molecule has 0 saturated carbocycles. The highest BCUT2D eigenvalue weighted by atomic mass is 16.3. The van der Waals surface area contributed by atoms with Crippen molar-refractivity contribution >= 4 is 18.2 Å². The second-order valence-corrected chi connectivity index (χ2v) is 6.29. The molecule has 0 aliphatic carbocycles. The lowest BCUT2D eigenvalue weighted by Crippen LogP contribution is -2.27. The van der Waals surface area contributed by atoms with Crippen molar-refractivity contribution < 1.29 is 9.90 Å². The highest BCUT2D eigenvalue weighted by molar-refractivity contribution is 5.80. The Morgan fingerprint density at radius 3 is 2.55 bits per heavy atom. The van der Waals surface area contributed by atoms with Crippen LogP contribution in [0.25, 0.3) is 11.9 Å².